The first-order valence-corrected chi connectivity index (χ1v) is 14.8. The van der Waals surface area contributed by atoms with Crippen LogP contribution in [0.2, 0.25) is 0 Å². The van der Waals surface area contributed by atoms with Crippen LogP contribution in [0.4, 0.5) is 10.7 Å². The Morgan fingerprint density at radius 2 is 1.88 bits per heavy atom. The molecular formula is C32H28BrN3O3S. The number of aryl methyl sites for hydroxylation is 1. The van der Waals surface area contributed by atoms with Crippen LogP contribution in [0.5, 0.6) is 11.5 Å². The van der Waals surface area contributed by atoms with Crippen LogP contribution in [0.15, 0.2) is 76.2 Å². The average molecular weight is 615 g/mol. The molecule has 1 aromatic heterocycles. The molecule has 40 heavy (non-hydrogen) atoms. The van der Waals surface area contributed by atoms with E-state index < -0.39 is 0 Å². The normalized spacial score (nSPS) is 12.5. The van der Waals surface area contributed by atoms with Gasteiger partial charge in [0.15, 0.2) is 11.5 Å². The number of amides is 1. The molecule has 0 bridgehead atoms. The van der Waals surface area contributed by atoms with Crippen molar-refractivity contribution in [2.75, 3.05) is 11.9 Å². The maximum absolute atomic E-state index is 13.4. The SMILES string of the molecule is CCOc1cc(C=Nc2sc3c(c2C(=O)Nc2ccccc2)CCCC3)cc(Br)c1OCc1ccccc1C#N. The largest absolute Gasteiger partial charge is 0.490 e. The second-order valence-electron chi connectivity index (χ2n) is 9.29. The number of halogens is 1. The van der Waals surface area contributed by atoms with Gasteiger partial charge in [0.2, 0.25) is 0 Å². The topological polar surface area (TPSA) is 83.7 Å². The van der Waals surface area contributed by atoms with Crippen LogP contribution in [-0.2, 0) is 19.4 Å². The number of anilines is 1. The van der Waals surface area contributed by atoms with Gasteiger partial charge in [0.05, 0.1) is 28.3 Å². The fourth-order valence-electron chi connectivity index (χ4n) is 4.70. The number of hydrogen-bond donors (Lipinski definition) is 1. The lowest BCUT2D eigenvalue weighted by Crippen LogP contribution is -2.14. The zero-order chi connectivity index (χ0) is 27.9. The summed E-state index contributed by atoms with van der Waals surface area (Å²) in [5, 5.41) is 13.2. The Balaban J connectivity index is 1.43. The van der Waals surface area contributed by atoms with E-state index in [4.69, 9.17) is 14.5 Å². The summed E-state index contributed by atoms with van der Waals surface area (Å²) in [6.45, 7) is 2.60. The summed E-state index contributed by atoms with van der Waals surface area (Å²) in [7, 11) is 0. The lowest BCUT2D eigenvalue weighted by molar-refractivity contribution is 0.102. The van der Waals surface area contributed by atoms with E-state index in [2.05, 4.69) is 27.3 Å². The molecule has 3 aromatic carbocycles. The molecule has 1 aliphatic rings. The Bertz CT molecular complexity index is 1590. The highest BCUT2D eigenvalue weighted by Gasteiger charge is 2.25. The standard InChI is InChI=1S/C32H28BrN3O3S/c1-2-38-27-17-21(16-26(33)30(27)39-20-23-11-7-6-10-22(23)18-34)19-35-32-29(25-14-8-9-15-28(25)40-32)31(37)36-24-12-4-3-5-13-24/h3-7,10-13,16-17,19H,2,8-9,14-15,20H2,1H3,(H,36,37). The number of aliphatic imine (C=N–C) groups is 1. The average Bonchev–Trinajstić information content (AvgIpc) is 3.35. The maximum Gasteiger partial charge on any atom is 0.259 e. The van der Waals surface area contributed by atoms with E-state index in [1.807, 2.05) is 67.6 Å². The second-order valence-corrected chi connectivity index (χ2v) is 11.2. The quantitative estimate of drug-likeness (QED) is 0.193. The molecule has 0 atom stereocenters. The molecule has 0 saturated carbocycles. The van der Waals surface area contributed by atoms with Crippen molar-refractivity contribution >= 4 is 50.1 Å². The van der Waals surface area contributed by atoms with Crippen molar-refractivity contribution < 1.29 is 14.3 Å². The van der Waals surface area contributed by atoms with Gasteiger partial charge in [0, 0.05) is 22.3 Å². The number of benzene rings is 3. The molecule has 1 amide bonds. The lowest BCUT2D eigenvalue weighted by Gasteiger charge is -2.15. The highest BCUT2D eigenvalue weighted by atomic mass is 79.9. The summed E-state index contributed by atoms with van der Waals surface area (Å²) in [5.41, 5.74) is 4.73. The van der Waals surface area contributed by atoms with E-state index in [1.165, 1.54) is 4.88 Å². The Labute approximate surface area is 246 Å². The van der Waals surface area contributed by atoms with Crippen molar-refractivity contribution in [3.05, 3.63) is 104 Å². The Morgan fingerprint density at radius 3 is 2.67 bits per heavy atom. The van der Waals surface area contributed by atoms with Gasteiger partial charge in [-0.05, 0) is 90.0 Å². The third-order valence-electron chi connectivity index (χ3n) is 6.58. The van der Waals surface area contributed by atoms with E-state index >= 15 is 0 Å². The number of carbonyl (C=O) groups excluding carboxylic acids is 1. The Morgan fingerprint density at radius 1 is 1.10 bits per heavy atom. The van der Waals surface area contributed by atoms with Crippen molar-refractivity contribution in [3.63, 3.8) is 0 Å². The molecule has 0 spiro atoms. The fourth-order valence-corrected chi connectivity index (χ4v) is 6.50. The molecule has 0 unspecified atom stereocenters. The van der Waals surface area contributed by atoms with Crippen molar-refractivity contribution in [1.82, 2.24) is 0 Å². The van der Waals surface area contributed by atoms with Gasteiger partial charge in [-0.2, -0.15) is 5.26 Å². The fraction of sp³-hybridized carbons (Fsp3) is 0.219. The predicted molar refractivity (Wildman–Crippen MR) is 163 cm³/mol. The van der Waals surface area contributed by atoms with Gasteiger partial charge >= 0.3 is 0 Å². The molecule has 1 heterocycles. The Kier molecular flexibility index (Phi) is 8.94. The van der Waals surface area contributed by atoms with Gasteiger partial charge in [-0.15, -0.1) is 11.3 Å². The summed E-state index contributed by atoms with van der Waals surface area (Å²) < 4.78 is 12.7. The molecule has 1 N–H and O–H groups in total. The summed E-state index contributed by atoms with van der Waals surface area (Å²) in [6, 6.07) is 22.9. The van der Waals surface area contributed by atoms with Crippen LogP contribution < -0.4 is 14.8 Å². The van der Waals surface area contributed by atoms with Crippen LogP contribution in [0.25, 0.3) is 0 Å². The van der Waals surface area contributed by atoms with Gasteiger partial charge < -0.3 is 14.8 Å². The van der Waals surface area contributed by atoms with Gasteiger partial charge in [0.25, 0.3) is 5.91 Å². The predicted octanol–water partition coefficient (Wildman–Crippen LogP) is 8.24. The number of nitrogens with zero attached hydrogens (tertiary/aromatic N) is 2. The molecule has 0 radical (unpaired) electrons. The minimum atomic E-state index is -0.129. The number of para-hydroxylation sites is 1. The summed E-state index contributed by atoms with van der Waals surface area (Å²) in [4.78, 5) is 19.5. The van der Waals surface area contributed by atoms with E-state index in [-0.39, 0.29) is 12.5 Å². The lowest BCUT2D eigenvalue weighted by atomic mass is 9.95. The number of thiophene rings is 1. The minimum absolute atomic E-state index is 0.129. The first-order valence-electron chi connectivity index (χ1n) is 13.2. The van der Waals surface area contributed by atoms with E-state index in [1.54, 1.807) is 23.6 Å². The first-order chi connectivity index (χ1) is 19.6. The van der Waals surface area contributed by atoms with Gasteiger partial charge in [-0.25, -0.2) is 4.99 Å². The number of nitriles is 1. The zero-order valence-electron chi connectivity index (χ0n) is 22.1. The summed E-state index contributed by atoms with van der Waals surface area (Å²) in [6.07, 6.45) is 5.82. The zero-order valence-corrected chi connectivity index (χ0v) is 24.5. The third-order valence-corrected chi connectivity index (χ3v) is 8.37. The van der Waals surface area contributed by atoms with E-state index in [9.17, 15) is 10.1 Å². The molecule has 8 heteroatoms. The molecule has 202 valence electrons. The number of ether oxygens (including phenoxy) is 2. The number of nitrogens with one attached hydrogen (secondary N) is 1. The molecule has 0 fully saturated rings. The van der Waals surface area contributed by atoms with Gasteiger partial charge in [0.1, 0.15) is 11.6 Å². The highest BCUT2D eigenvalue weighted by molar-refractivity contribution is 9.10. The molecule has 1 aliphatic carbocycles. The third kappa shape index (κ3) is 6.27. The Hall–Kier alpha value is -3.93. The van der Waals surface area contributed by atoms with Gasteiger partial charge in [-0.1, -0.05) is 36.4 Å². The monoisotopic (exact) mass is 613 g/mol. The summed E-state index contributed by atoms with van der Waals surface area (Å²) in [5.74, 6) is 0.997. The maximum atomic E-state index is 13.4. The smallest absolute Gasteiger partial charge is 0.259 e. The summed E-state index contributed by atoms with van der Waals surface area (Å²) >= 11 is 5.23. The van der Waals surface area contributed by atoms with Crippen LogP contribution in [-0.4, -0.2) is 18.7 Å². The molecule has 0 aliphatic heterocycles. The number of hydrogen-bond acceptors (Lipinski definition) is 6. The van der Waals surface area contributed by atoms with Crippen molar-refractivity contribution in [1.29, 1.82) is 5.26 Å². The first kappa shape index (κ1) is 27.6. The highest BCUT2D eigenvalue weighted by Crippen LogP contribution is 2.41. The number of fused-ring (bicyclic) bond motifs is 1. The van der Waals surface area contributed by atoms with E-state index in [0.717, 1.165) is 48.1 Å². The second kappa shape index (κ2) is 12.9. The van der Waals surface area contributed by atoms with Gasteiger partial charge in [-0.3, -0.25) is 4.79 Å². The molecule has 4 aromatic rings. The molecule has 0 saturated heterocycles. The van der Waals surface area contributed by atoms with Crippen LogP contribution >= 0.6 is 27.3 Å². The minimum Gasteiger partial charge on any atom is -0.490 e. The number of rotatable bonds is 9. The van der Waals surface area contributed by atoms with Crippen LogP contribution in [0.3, 0.4) is 0 Å². The number of carbonyl (C=O) groups is 1. The van der Waals surface area contributed by atoms with Crippen LogP contribution in [0, 0.1) is 11.3 Å². The van der Waals surface area contributed by atoms with Crippen molar-refractivity contribution in [3.8, 4) is 17.6 Å². The molecule has 6 nitrogen and oxygen atoms in total. The van der Waals surface area contributed by atoms with Crippen molar-refractivity contribution in [2.45, 2.75) is 39.2 Å². The van der Waals surface area contributed by atoms with E-state index in [0.29, 0.717) is 38.7 Å². The van der Waals surface area contributed by atoms with Crippen molar-refractivity contribution in [2.24, 2.45) is 4.99 Å². The molecular weight excluding hydrogens is 586 g/mol. The van der Waals surface area contributed by atoms with Crippen LogP contribution in [0.1, 0.15) is 57.3 Å². The molecule has 5 rings (SSSR count).